The topological polar surface area (TPSA) is 12.5 Å². The van der Waals surface area contributed by atoms with Gasteiger partial charge in [-0.25, -0.2) is 0 Å². The van der Waals surface area contributed by atoms with Crippen LogP contribution in [0, 0.1) is 6.92 Å². The zero-order valence-corrected chi connectivity index (χ0v) is 19.0. The number of rotatable bonds is 7. The lowest BCUT2D eigenvalue weighted by atomic mass is 9.95. The Morgan fingerprint density at radius 2 is 1.38 bits per heavy atom. The van der Waals surface area contributed by atoms with E-state index in [0.29, 0.717) is 18.7 Å². The van der Waals surface area contributed by atoms with Gasteiger partial charge in [-0.15, -0.1) is 0 Å². The largest absolute Gasteiger partial charge is 0.365 e. The molecule has 2 saturated heterocycles. The van der Waals surface area contributed by atoms with E-state index in [9.17, 15) is 0 Å². The first-order chi connectivity index (χ1) is 15.8. The zero-order valence-electron chi connectivity index (χ0n) is 19.0. The zero-order chi connectivity index (χ0) is 21.8. The molecule has 0 N–H and O–H groups in total. The highest BCUT2D eigenvalue weighted by atomic mass is 16.5. The van der Waals surface area contributed by atoms with Gasteiger partial charge in [-0.3, -0.25) is 4.90 Å². The maximum absolute atomic E-state index is 6.45. The average Bonchev–Trinajstić information content (AvgIpc) is 3.06. The molecule has 2 aliphatic rings. The van der Waals surface area contributed by atoms with Crippen molar-refractivity contribution in [3.05, 3.63) is 119 Å². The molecule has 2 heterocycles. The fraction of sp³-hybridized carbons (Fsp3) is 0.333. The number of nitrogens with zero attached hydrogens (tertiary/aromatic N) is 1. The number of ether oxygens (including phenoxy) is 1. The van der Waals surface area contributed by atoms with Crippen molar-refractivity contribution < 1.29 is 4.74 Å². The van der Waals surface area contributed by atoms with Crippen molar-refractivity contribution in [2.75, 3.05) is 6.61 Å². The Kier molecular flexibility index (Phi) is 6.52. The van der Waals surface area contributed by atoms with Crippen LogP contribution >= 0.6 is 0 Å². The molecule has 2 atom stereocenters. The van der Waals surface area contributed by atoms with Gasteiger partial charge >= 0.3 is 0 Å². The first kappa shape index (κ1) is 21.2. The summed E-state index contributed by atoms with van der Waals surface area (Å²) in [5.74, 6) is 0. The summed E-state index contributed by atoms with van der Waals surface area (Å²) in [5.41, 5.74) is 6.79. The molecule has 2 aliphatic heterocycles. The molecule has 2 heteroatoms. The summed E-state index contributed by atoms with van der Waals surface area (Å²) in [6.07, 6.45) is 7.37. The molecule has 0 radical (unpaired) electrons. The van der Waals surface area contributed by atoms with E-state index in [-0.39, 0.29) is 6.10 Å². The van der Waals surface area contributed by atoms with Crippen molar-refractivity contribution in [2.45, 2.75) is 57.3 Å². The van der Waals surface area contributed by atoms with Crippen LogP contribution in [0.25, 0.3) is 0 Å². The second-order valence-corrected chi connectivity index (χ2v) is 9.35. The van der Waals surface area contributed by atoms with Crippen LogP contribution in [-0.2, 0) is 11.3 Å². The number of aryl methyl sites for hydroxylation is 1. The van der Waals surface area contributed by atoms with E-state index in [0.717, 1.165) is 6.54 Å². The monoisotopic (exact) mass is 423 g/mol. The summed E-state index contributed by atoms with van der Waals surface area (Å²) in [7, 11) is 0. The molecule has 2 fully saturated rings. The van der Waals surface area contributed by atoms with E-state index in [1.54, 1.807) is 5.57 Å². The van der Waals surface area contributed by atoms with Gasteiger partial charge < -0.3 is 4.74 Å². The van der Waals surface area contributed by atoms with Crippen molar-refractivity contribution in [1.29, 1.82) is 0 Å². The van der Waals surface area contributed by atoms with E-state index in [1.807, 2.05) is 0 Å². The minimum Gasteiger partial charge on any atom is -0.365 e. The van der Waals surface area contributed by atoms with E-state index < -0.39 is 0 Å². The Morgan fingerprint density at radius 3 is 1.94 bits per heavy atom. The Hall–Kier alpha value is -2.68. The normalized spacial score (nSPS) is 22.0. The fourth-order valence-corrected chi connectivity index (χ4v) is 5.37. The van der Waals surface area contributed by atoms with Crippen LogP contribution in [-0.4, -0.2) is 23.6 Å². The average molecular weight is 424 g/mol. The van der Waals surface area contributed by atoms with Crippen LogP contribution < -0.4 is 0 Å². The number of benzene rings is 3. The van der Waals surface area contributed by atoms with Gasteiger partial charge in [0.2, 0.25) is 0 Å². The van der Waals surface area contributed by atoms with Crippen LogP contribution in [0.5, 0.6) is 0 Å². The van der Waals surface area contributed by atoms with E-state index >= 15 is 0 Å². The number of hydrogen-bond acceptors (Lipinski definition) is 2. The molecule has 0 aliphatic carbocycles. The third kappa shape index (κ3) is 4.87. The Balaban J connectivity index is 1.23. The van der Waals surface area contributed by atoms with Crippen molar-refractivity contribution in [3.63, 3.8) is 0 Å². The molecule has 3 aromatic rings. The Labute approximate surface area is 192 Å². The molecule has 2 bridgehead atoms. The highest BCUT2D eigenvalue weighted by Gasteiger charge is 2.38. The summed E-state index contributed by atoms with van der Waals surface area (Å²) >= 11 is 0. The second kappa shape index (κ2) is 9.85. The molecule has 164 valence electrons. The predicted octanol–water partition coefficient (Wildman–Crippen LogP) is 6.85. The molecule has 32 heavy (non-hydrogen) atoms. The van der Waals surface area contributed by atoms with Crippen LogP contribution in [0.3, 0.4) is 0 Å². The lowest BCUT2D eigenvalue weighted by Gasteiger charge is -2.36. The first-order valence-electron chi connectivity index (χ1n) is 12.0. The lowest BCUT2D eigenvalue weighted by molar-refractivity contribution is 0.102. The molecule has 2 nitrogen and oxygen atoms in total. The predicted molar refractivity (Wildman–Crippen MR) is 132 cm³/mol. The molecule has 0 amide bonds. The molecular weight excluding hydrogens is 390 g/mol. The summed E-state index contributed by atoms with van der Waals surface area (Å²) in [6.45, 7) is 3.92. The SMILES string of the molecule is Cc1ccc(CN2[C@@H]3CC[C@H]2CC(=CCOC(c2ccccc2)c2ccccc2)C3)cc1. The minimum atomic E-state index is -0.0207. The summed E-state index contributed by atoms with van der Waals surface area (Å²) < 4.78 is 6.45. The van der Waals surface area contributed by atoms with Crippen molar-refractivity contribution in [2.24, 2.45) is 0 Å². The highest BCUT2D eigenvalue weighted by molar-refractivity contribution is 5.30. The maximum Gasteiger partial charge on any atom is 0.108 e. The van der Waals surface area contributed by atoms with Gasteiger partial charge in [-0.1, -0.05) is 102 Å². The quantitative estimate of drug-likeness (QED) is 0.385. The van der Waals surface area contributed by atoms with Crippen LogP contribution in [0.2, 0.25) is 0 Å². The lowest BCUT2D eigenvalue weighted by Crippen LogP contribution is -2.39. The fourth-order valence-electron chi connectivity index (χ4n) is 5.37. The van der Waals surface area contributed by atoms with Gasteiger partial charge in [0, 0.05) is 18.6 Å². The third-order valence-electron chi connectivity index (χ3n) is 7.09. The Bertz CT molecular complexity index is 970. The molecule has 0 saturated carbocycles. The highest BCUT2D eigenvalue weighted by Crippen LogP contribution is 2.39. The standard InChI is InChI=1S/C30H33NO/c1-23-12-14-24(15-13-23)22-31-28-16-17-29(31)21-25(20-28)18-19-32-30(26-8-4-2-5-9-26)27-10-6-3-7-11-27/h2-15,18,28-30H,16-17,19-22H2,1H3/t28-,29+. The van der Waals surface area contributed by atoms with Crippen LogP contribution in [0.4, 0.5) is 0 Å². The molecule has 5 rings (SSSR count). The minimum absolute atomic E-state index is 0.0207. The van der Waals surface area contributed by atoms with Crippen molar-refractivity contribution in [1.82, 2.24) is 4.90 Å². The second-order valence-electron chi connectivity index (χ2n) is 9.35. The molecule has 0 spiro atoms. The Morgan fingerprint density at radius 1 is 0.812 bits per heavy atom. The van der Waals surface area contributed by atoms with Crippen molar-refractivity contribution >= 4 is 0 Å². The summed E-state index contributed by atoms with van der Waals surface area (Å²) in [4.78, 5) is 2.75. The van der Waals surface area contributed by atoms with Gasteiger partial charge in [-0.2, -0.15) is 0 Å². The van der Waals surface area contributed by atoms with E-state index in [1.165, 1.54) is 47.9 Å². The van der Waals surface area contributed by atoms with Gasteiger partial charge in [0.15, 0.2) is 0 Å². The number of fused-ring (bicyclic) bond motifs is 2. The third-order valence-corrected chi connectivity index (χ3v) is 7.09. The van der Waals surface area contributed by atoms with Gasteiger partial charge in [0.25, 0.3) is 0 Å². The van der Waals surface area contributed by atoms with E-state index in [2.05, 4.69) is 103 Å². The van der Waals surface area contributed by atoms with Crippen LogP contribution in [0.15, 0.2) is 96.6 Å². The number of piperidine rings is 1. The van der Waals surface area contributed by atoms with E-state index in [4.69, 9.17) is 4.74 Å². The molecule has 0 unspecified atom stereocenters. The first-order valence-corrected chi connectivity index (χ1v) is 12.0. The number of hydrogen-bond donors (Lipinski definition) is 0. The van der Waals surface area contributed by atoms with Gasteiger partial charge in [0.05, 0.1) is 6.61 Å². The van der Waals surface area contributed by atoms with Gasteiger partial charge in [-0.05, 0) is 49.3 Å². The van der Waals surface area contributed by atoms with Crippen molar-refractivity contribution in [3.8, 4) is 0 Å². The summed E-state index contributed by atoms with van der Waals surface area (Å²) in [6, 6.07) is 31.6. The smallest absolute Gasteiger partial charge is 0.108 e. The van der Waals surface area contributed by atoms with Gasteiger partial charge in [0.1, 0.15) is 6.10 Å². The van der Waals surface area contributed by atoms with Crippen LogP contribution in [0.1, 0.15) is 54.0 Å². The summed E-state index contributed by atoms with van der Waals surface area (Å²) in [5, 5.41) is 0. The molecule has 0 aromatic heterocycles. The molecule has 3 aromatic carbocycles. The molecular formula is C30H33NO. The maximum atomic E-state index is 6.45.